The van der Waals surface area contributed by atoms with E-state index in [9.17, 15) is 21.6 Å². The van der Waals surface area contributed by atoms with Gasteiger partial charge >= 0.3 is 0 Å². The van der Waals surface area contributed by atoms with Gasteiger partial charge in [-0.25, -0.2) is 40.9 Å². The number of nitrogens with two attached hydrogens (primary N) is 1. The Bertz CT molecular complexity index is 1300. The second-order valence-electron chi connectivity index (χ2n) is 7.49. The van der Waals surface area contributed by atoms with E-state index in [-0.39, 0.29) is 41.1 Å². The second-order valence-corrected chi connectivity index (χ2v) is 9.49. The molecule has 0 aliphatic carbocycles. The molecule has 34 heavy (non-hydrogen) atoms. The fraction of sp³-hybridized carbons (Fsp3) is 0.286. The van der Waals surface area contributed by atoms with Crippen molar-refractivity contribution in [3.63, 3.8) is 0 Å². The number of terminal acetylenes is 1. The summed E-state index contributed by atoms with van der Waals surface area (Å²) in [6.45, 7) is 2.91. The molecule has 0 saturated heterocycles. The zero-order chi connectivity index (χ0) is 24.6. The van der Waals surface area contributed by atoms with Crippen molar-refractivity contribution in [1.29, 1.82) is 0 Å². The number of hydrogen-bond acceptors (Lipinski definition) is 7. The number of hydrogen-bond donors (Lipinski definition) is 1. The first-order chi connectivity index (χ1) is 15.4. The Hall–Kier alpha value is -3.30. The highest BCUT2D eigenvalue weighted by molar-refractivity contribution is 7.89. The number of guanidine groups is 1. The van der Waals surface area contributed by atoms with Crippen molar-refractivity contribution in [1.82, 2.24) is 14.3 Å². The van der Waals surface area contributed by atoms with Crippen LogP contribution in [0.15, 0.2) is 29.5 Å². The van der Waals surface area contributed by atoms with Crippen molar-refractivity contribution in [3.8, 4) is 18.2 Å². The van der Waals surface area contributed by atoms with Gasteiger partial charge in [0, 0.05) is 12.6 Å². The number of benzene rings is 1. The number of aliphatic imine (C=N–C) groups is 1. The van der Waals surface area contributed by atoms with E-state index in [1.54, 1.807) is 6.92 Å². The lowest BCUT2D eigenvalue weighted by Gasteiger charge is -2.34. The third-order valence-corrected chi connectivity index (χ3v) is 6.84. The van der Waals surface area contributed by atoms with Crippen LogP contribution in [0.4, 0.5) is 13.2 Å². The Morgan fingerprint density at radius 1 is 1.35 bits per heavy atom. The molecule has 0 radical (unpaired) electrons. The van der Waals surface area contributed by atoms with Crippen molar-refractivity contribution in [2.24, 2.45) is 10.7 Å². The van der Waals surface area contributed by atoms with Gasteiger partial charge in [-0.15, -0.1) is 18.8 Å². The average molecular weight is 516 g/mol. The van der Waals surface area contributed by atoms with Crippen LogP contribution in [0, 0.1) is 24.0 Å². The number of ether oxygens (including phenoxy) is 1. The quantitative estimate of drug-likeness (QED) is 0.613. The molecule has 2 aromatic rings. The minimum absolute atomic E-state index is 0. The molecule has 13 heteroatoms. The molecular weight excluding hydrogens is 495 g/mol. The summed E-state index contributed by atoms with van der Waals surface area (Å²) in [5.41, 5.74) is 3.27. The van der Waals surface area contributed by atoms with E-state index in [4.69, 9.17) is 16.9 Å². The molecule has 1 aliphatic heterocycles. The molecular formula is C21H21ClF3N5O3S. The van der Waals surface area contributed by atoms with Crippen molar-refractivity contribution >= 4 is 40.3 Å². The summed E-state index contributed by atoms with van der Waals surface area (Å²) in [5.74, 6) is -2.14. The van der Waals surface area contributed by atoms with Gasteiger partial charge in [-0.2, -0.15) is 0 Å². The Morgan fingerprint density at radius 2 is 2.03 bits per heavy atom. The third kappa shape index (κ3) is 5.43. The maximum absolute atomic E-state index is 14.7. The van der Waals surface area contributed by atoms with Gasteiger partial charge in [0.1, 0.15) is 11.2 Å². The second kappa shape index (κ2) is 9.90. The molecule has 0 spiro atoms. The van der Waals surface area contributed by atoms with Crippen LogP contribution in [-0.4, -0.2) is 47.6 Å². The number of aromatic nitrogens is 2. The molecule has 1 aromatic carbocycles. The van der Waals surface area contributed by atoms with E-state index in [2.05, 4.69) is 20.9 Å². The molecule has 2 unspecified atom stereocenters. The molecule has 0 amide bonds. The van der Waals surface area contributed by atoms with Crippen LogP contribution in [0.25, 0.3) is 11.9 Å². The minimum atomic E-state index is -3.93. The maximum atomic E-state index is 14.7. The molecule has 182 valence electrons. The summed E-state index contributed by atoms with van der Waals surface area (Å²) in [7, 11) is -2.74. The molecule has 2 atom stereocenters. The first kappa shape index (κ1) is 26.9. The topological polar surface area (TPSA) is 111 Å². The number of halogens is 4. The third-order valence-electron chi connectivity index (χ3n) is 4.89. The van der Waals surface area contributed by atoms with E-state index in [1.807, 2.05) is 0 Å². The van der Waals surface area contributed by atoms with Crippen LogP contribution in [-0.2, 0) is 15.6 Å². The minimum Gasteiger partial charge on any atom is -0.460 e. The molecule has 8 nitrogen and oxygen atoms in total. The summed E-state index contributed by atoms with van der Waals surface area (Å²) in [4.78, 5) is 11.8. The summed E-state index contributed by atoms with van der Waals surface area (Å²) >= 11 is 0. The molecule has 0 fully saturated rings. The van der Waals surface area contributed by atoms with Crippen LogP contribution >= 0.6 is 12.4 Å². The number of sulfonamides is 1. The normalized spacial score (nSPS) is 20.6. The molecule has 3 rings (SSSR count). The molecule has 2 N–H and O–H groups in total. The lowest BCUT2D eigenvalue weighted by molar-refractivity contribution is 0.266. The number of nitrogens with zero attached hydrogens (tertiary/aromatic N) is 4. The van der Waals surface area contributed by atoms with E-state index < -0.39 is 44.9 Å². The van der Waals surface area contributed by atoms with Crippen LogP contribution < -0.4 is 10.5 Å². The summed E-state index contributed by atoms with van der Waals surface area (Å²) in [5, 5.41) is 0. The van der Waals surface area contributed by atoms with Gasteiger partial charge in [0.05, 0.1) is 18.1 Å². The maximum Gasteiger partial charge on any atom is 0.239 e. The Balaban J connectivity index is 0.00000408. The van der Waals surface area contributed by atoms with Gasteiger partial charge in [0.15, 0.2) is 23.6 Å². The van der Waals surface area contributed by atoms with Gasteiger partial charge < -0.3 is 10.5 Å². The van der Waals surface area contributed by atoms with Crippen molar-refractivity contribution < 1.29 is 26.3 Å². The monoisotopic (exact) mass is 515 g/mol. The summed E-state index contributed by atoms with van der Waals surface area (Å²) in [6.07, 6.45) is 7.80. The Morgan fingerprint density at radius 3 is 2.59 bits per heavy atom. The molecule has 1 aromatic heterocycles. The fourth-order valence-electron chi connectivity index (χ4n) is 3.11. The lowest BCUT2D eigenvalue weighted by atomic mass is 9.92. The van der Waals surface area contributed by atoms with Crippen LogP contribution in [0.3, 0.4) is 0 Å². The van der Waals surface area contributed by atoms with E-state index in [0.717, 1.165) is 34.9 Å². The van der Waals surface area contributed by atoms with Gasteiger partial charge in [0.25, 0.3) is 0 Å². The highest BCUT2D eigenvalue weighted by atomic mass is 35.5. The van der Waals surface area contributed by atoms with Gasteiger partial charge in [0.2, 0.25) is 21.9 Å². The predicted molar refractivity (Wildman–Crippen MR) is 124 cm³/mol. The van der Waals surface area contributed by atoms with Crippen LogP contribution in [0.5, 0.6) is 5.88 Å². The lowest BCUT2D eigenvalue weighted by Crippen LogP contribution is -2.50. The summed E-state index contributed by atoms with van der Waals surface area (Å²) in [6, 6.07) is 1.87. The molecule has 0 saturated carbocycles. The van der Waals surface area contributed by atoms with Gasteiger partial charge in [-0.3, -0.25) is 0 Å². The SMILES string of the molecule is C#CC(C)Oc1cnc(/C(F)=C/c2cc(F)c(F)c(C3(C)CS(=O)(=O)N(C)C(N)=N3)c2)cn1.Cl. The predicted octanol–water partition coefficient (Wildman–Crippen LogP) is 2.85. The first-order valence-electron chi connectivity index (χ1n) is 9.50. The molecule has 1 aliphatic rings. The zero-order valence-electron chi connectivity index (χ0n) is 18.3. The standard InChI is InChI=1S/C21H20F3N5O3S.ClH/c1-5-12(2)32-18-10-26-17(9-27-18)15(22)7-13-6-14(19(24)16(23)8-13)21(3)11-33(30,31)29(4)20(25)28-21;/h1,6-10,12H,11H2,2-4H3,(H2,25,28);1H/b15-7-;. The van der Waals surface area contributed by atoms with Crippen molar-refractivity contribution in [2.45, 2.75) is 25.5 Å². The first-order valence-corrected chi connectivity index (χ1v) is 11.1. The van der Waals surface area contributed by atoms with Crippen LogP contribution in [0.1, 0.15) is 30.7 Å². The average Bonchev–Trinajstić information content (AvgIpc) is 2.74. The highest BCUT2D eigenvalue weighted by Crippen LogP contribution is 2.35. The largest absolute Gasteiger partial charge is 0.460 e. The highest BCUT2D eigenvalue weighted by Gasteiger charge is 2.42. The van der Waals surface area contributed by atoms with E-state index >= 15 is 0 Å². The molecule has 2 heterocycles. The molecule has 0 bridgehead atoms. The van der Waals surface area contributed by atoms with Crippen molar-refractivity contribution in [2.75, 3.05) is 12.8 Å². The smallest absolute Gasteiger partial charge is 0.239 e. The van der Waals surface area contributed by atoms with Crippen LogP contribution in [0.2, 0.25) is 0 Å². The van der Waals surface area contributed by atoms with E-state index in [0.29, 0.717) is 0 Å². The fourth-order valence-corrected chi connectivity index (χ4v) is 4.56. The zero-order valence-corrected chi connectivity index (χ0v) is 19.9. The van der Waals surface area contributed by atoms with E-state index in [1.165, 1.54) is 14.0 Å². The van der Waals surface area contributed by atoms with Gasteiger partial charge in [-0.1, -0.05) is 5.92 Å². The number of rotatable bonds is 5. The summed E-state index contributed by atoms with van der Waals surface area (Å²) < 4.78 is 74.5. The van der Waals surface area contributed by atoms with Crippen molar-refractivity contribution in [3.05, 3.63) is 53.0 Å². The van der Waals surface area contributed by atoms with Gasteiger partial charge in [-0.05, 0) is 37.6 Å². The Labute approximate surface area is 201 Å². The Kier molecular flexibility index (Phi) is 7.85.